The zero-order valence-electron chi connectivity index (χ0n) is 12.2. The van der Waals surface area contributed by atoms with Crippen molar-refractivity contribution in [2.24, 2.45) is 0 Å². The fourth-order valence-electron chi connectivity index (χ4n) is 1.45. The van der Waals surface area contributed by atoms with Gasteiger partial charge in [-0.05, 0) is 33.1 Å². The zero-order valence-corrected chi connectivity index (χ0v) is 13.3. The summed E-state index contributed by atoms with van der Waals surface area (Å²) in [6.45, 7) is 3.13. The van der Waals surface area contributed by atoms with Gasteiger partial charge < -0.3 is 15.4 Å². The van der Waals surface area contributed by atoms with Crippen LogP contribution in [-0.2, 0) is 19.2 Å². The maximum Gasteiger partial charge on any atom is 0.242 e. The molecule has 2 N–H and O–H groups in total. The second-order valence-corrected chi connectivity index (χ2v) is 5.40. The summed E-state index contributed by atoms with van der Waals surface area (Å²) in [6.07, 6.45) is 2.03. The Morgan fingerprint density at radius 3 is 2.05 bits per heavy atom. The minimum Gasteiger partial charge on any atom is -0.345 e. The van der Waals surface area contributed by atoms with Crippen LogP contribution in [0.1, 0.15) is 39.5 Å². The highest BCUT2D eigenvalue weighted by Gasteiger charge is 2.18. The normalized spacial score (nSPS) is 13.2. The Morgan fingerprint density at radius 1 is 1.00 bits per heavy atom. The van der Waals surface area contributed by atoms with Crippen molar-refractivity contribution in [3.63, 3.8) is 0 Å². The third kappa shape index (κ3) is 8.80. The number of carbonyl (C=O) groups excluding carboxylic acids is 4. The summed E-state index contributed by atoms with van der Waals surface area (Å²) in [6, 6.07) is -1.29. The van der Waals surface area contributed by atoms with E-state index in [1.54, 1.807) is 13.8 Å². The van der Waals surface area contributed by atoms with Crippen molar-refractivity contribution in [1.82, 2.24) is 10.6 Å². The molecule has 112 valence electrons. The summed E-state index contributed by atoms with van der Waals surface area (Å²) >= 11 is 0. The van der Waals surface area contributed by atoms with E-state index in [0.29, 0.717) is 19.3 Å². The zero-order chi connectivity index (χ0) is 15.7. The van der Waals surface area contributed by atoms with Gasteiger partial charge in [0.1, 0.15) is 6.04 Å². The lowest BCUT2D eigenvalue weighted by atomic mass is 9.97. The molecule has 6 nitrogen and oxygen atoms in total. The average Bonchev–Trinajstić information content (AvgIpc) is 2.33. The Kier molecular flexibility index (Phi) is 9.05. The lowest BCUT2D eigenvalue weighted by molar-refractivity contribution is -0.129. The molecule has 20 heavy (non-hydrogen) atoms. The fraction of sp³-hybridized carbons (Fsp3) is 0.667. The van der Waals surface area contributed by atoms with E-state index in [0.717, 1.165) is 0 Å². The van der Waals surface area contributed by atoms with Crippen LogP contribution in [0.2, 0.25) is 0 Å². The third-order valence-corrected chi connectivity index (χ3v) is 3.24. The molecule has 0 saturated carbocycles. The van der Waals surface area contributed by atoms with Gasteiger partial charge in [-0.1, -0.05) is 9.24 Å². The molecule has 0 saturated heterocycles. The molecule has 0 aromatic heterocycles. The van der Waals surface area contributed by atoms with Gasteiger partial charge in [0.2, 0.25) is 11.8 Å². The van der Waals surface area contributed by atoms with Crippen molar-refractivity contribution in [2.45, 2.75) is 51.6 Å². The highest BCUT2D eigenvalue weighted by atomic mass is 31.0. The summed E-state index contributed by atoms with van der Waals surface area (Å²) in [4.78, 5) is 45.0. The molecular weight excluding hydrogens is 278 g/mol. The first-order chi connectivity index (χ1) is 9.23. The molecule has 3 atom stereocenters. The van der Waals surface area contributed by atoms with Crippen LogP contribution >= 0.6 is 9.24 Å². The van der Waals surface area contributed by atoms with E-state index >= 15 is 0 Å². The SMILES string of the molecule is BC(=O)CCCCC(=O)N[C@@H](C)C(=O)N[C@@H](C)C(=O)P. The van der Waals surface area contributed by atoms with Crippen molar-refractivity contribution in [3.05, 3.63) is 0 Å². The quantitative estimate of drug-likeness (QED) is 0.328. The minimum atomic E-state index is -0.692. The summed E-state index contributed by atoms with van der Waals surface area (Å²) in [5, 5.41) is 5.06. The topological polar surface area (TPSA) is 92.3 Å². The Morgan fingerprint density at radius 2 is 1.55 bits per heavy atom. The van der Waals surface area contributed by atoms with Crippen LogP contribution < -0.4 is 10.6 Å². The molecule has 0 heterocycles. The van der Waals surface area contributed by atoms with Crippen LogP contribution in [0.25, 0.3) is 0 Å². The number of carbonyl (C=O) groups is 4. The van der Waals surface area contributed by atoms with Crippen molar-refractivity contribution in [2.75, 3.05) is 0 Å². The van der Waals surface area contributed by atoms with E-state index in [2.05, 4.69) is 10.6 Å². The van der Waals surface area contributed by atoms with Gasteiger partial charge in [-0.3, -0.25) is 14.4 Å². The van der Waals surface area contributed by atoms with E-state index in [-0.39, 0.29) is 23.5 Å². The van der Waals surface area contributed by atoms with Crippen molar-refractivity contribution < 1.29 is 19.2 Å². The van der Waals surface area contributed by atoms with E-state index < -0.39 is 18.0 Å². The number of hydrogen-bond donors (Lipinski definition) is 2. The molecule has 0 fully saturated rings. The smallest absolute Gasteiger partial charge is 0.242 e. The van der Waals surface area contributed by atoms with Crippen LogP contribution in [0, 0.1) is 0 Å². The van der Waals surface area contributed by atoms with Crippen LogP contribution in [0.3, 0.4) is 0 Å². The number of nitrogens with one attached hydrogen (secondary N) is 2. The molecule has 0 bridgehead atoms. The predicted octanol–water partition coefficient (Wildman–Crippen LogP) is -0.882. The Bertz CT molecular complexity index is 390. The first-order valence-corrected chi connectivity index (χ1v) is 7.20. The predicted molar refractivity (Wildman–Crippen MR) is 81.9 cm³/mol. The largest absolute Gasteiger partial charge is 0.345 e. The Hall–Kier alpha value is -1.23. The standard InChI is InChI=1S/C12H22BN2O4P/c1-7(11(18)15-8(2)12(19)20)14-10(17)6-4-3-5-9(13)16/h7-8H,3-6,13,20H2,1-2H3,(H,14,17)(H,15,18)/t7-,8-/m0/s1. The molecule has 0 aromatic carbocycles. The summed E-state index contributed by atoms with van der Waals surface area (Å²) in [5.41, 5.74) is -0.115. The van der Waals surface area contributed by atoms with Gasteiger partial charge in [0.25, 0.3) is 0 Å². The van der Waals surface area contributed by atoms with Gasteiger partial charge in [-0.2, -0.15) is 0 Å². The van der Waals surface area contributed by atoms with Crippen molar-refractivity contribution in [3.8, 4) is 0 Å². The minimum absolute atomic E-state index is 0.106. The molecule has 0 aliphatic heterocycles. The molecule has 0 spiro atoms. The van der Waals surface area contributed by atoms with E-state index in [9.17, 15) is 19.2 Å². The third-order valence-electron chi connectivity index (χ3n) is 2.74. The molecule has 0 radical (unpaired) electrons. The number of unbranched alkanes of at least 4 members (excludes halogenated alkanes) is 1. The van der Waals surface area contributed by atoms with Crippen LogP contribution in [0.5, 0.6) is 0 Å². The highest BCUT2D eigenvalue weighted by Crippen LogP contribution is 2.00. The molecule has 8 heteroatoms. The first kappa shape index (κ1) is 18.8. The van der Waals surface area contributed by atoms with Gasteiger partial charge in [0, 0.05) is 6.42 Å². The van der Waals surface area contributed by atoms with Crippen LogP contribution in [-0.4, -0.2) is 43.0 Å². The number of amides is 2. The molecule has 2 amide bonds. The van der Waals surface area contributed by atoms with Gasteiger partial charge in [-0.15, -0.1) is 0 Å². The summed E-state index contributed by atoms with van der Waals surface area (Å²) in [5.74, 6) is -0.633. The highest BCUT2D eigenvalue weighted by molar-refractivity contribution is 7.40. The molecule has 0 aliphatic carbocycles. The van der Waals surface area contributed by atoms with E-state index in [4.69, 9.17) is 0 Å². The van der Waals surface area contributed by atoms with Gasteiger partial charge >= 0.3 is 0 Å². The second kappa shape index (κ2) is 9.64. The number of rotatable bonds is 9. The van der Waals surface area contributed by atoms with Crippen molar-refractivity contribution >= 4 is 40.1 Å². The molecule has 0 rings (SSSR count). The molecule has 0 aliphatic rings. The van der Waals surface area contributed by atoms with Gasteiger partial charge in [-0.25, -0.2) is 0 Å². The maximum atomic E-state index is 11.7. The van der Waals surface area contributed by atoms with E-state index in [1.165, 1.54) is 7.85 Å². The lowest BCUT2D eigenvalue weighted by Crippen LogP contribution is -2.48. The molecule has 1 unspecified atom stereocenters. The Labute approximate surface area is 122 Å². The van der Waals surface area contributed by atoms with Gasteiger partial charge in [0.05, 0.1) is 11.7 Å². The fourth-order valence-corrected chi connectivity index (χ4v) is 1.53. The summed E-state index contributed by atoms with van der Waals surface area (Å²) < 4.78 is 0. The average molecular weight is 300 g/mol. The summed E-state index contributed by atoms with van der Waals surface area (Å²) in [7, 11) is 3.51. The second-order valence-electron chi connectivity index (χ2n) is 4.83. The van der Waals surface area contributed by atoms with Crippen molar-refractivity contribution in [1.29, 1.82) is 0 Å². The van der Waals surface area contributed by atoms with Gasteiger partial charge in [0.15, 0.2) is 13.4 Å². The Balaban J connectivity index is 3.97. The molecular formula is C12H22BN2O4P. The lowest BCUT2D eigenvalue weighted by Gasteiger charge is -2.16. The monoisotopic (exact) mass is 300 g/mol. The van der Waals surface area contributed by atoms with Crippen LogP contribution in [0.4, 0.5) is 0 Å². The van der Waals surface area contributed by atoms with E-state index in [1.807, 2.05) is 9.24 Å². The number of hydrogen-bond acceptors (Lipinski definition) is 4. The first-order valence-electron chi connectivity index (χ1n) is 6.62. The van der Waals surface area contributed by atoms with Crippen LogP contribution in [0.15, 0.2) is 0 Å². The molecule has 0 aromatic rings. The maximum absolute atomic E-state index is 11.7.